The lowest BCUT2D eigenvalue weighted by molar-refractivity contribution is 0.389. The molecule has 0 aliphatic rings. The summed E-state index contributed by atoms with van der Waals surface area (Å²) in [5.74, 6) is 3.11. The highest BCUT2D eigenvalue weighted by Crippen LogP contribution is 2.29. The first-order valence-corrected chi connectivity index (χ1v) is 12.4. The number of hydrogen-bond acceptors (Lipinski definition) is 2. The van der Waals surface area contributed by atoms with Gasteiger partial charge in [-0.1, -0.05) is 91.2 Å². The number of benzene rings is 1. The molecule has 2 unspecified atom stereocenters. The van der Waals surface area contributed by atoms with Crippen LogP contribution >= 0.6 is 0 Å². The molecule has 0 heterocycles. The van der Waals surface area contributed by atoms with Gasteiger partial charge in [-0.15, -0.1) is 0 Å². The first-order chi connectivity index (χ1) is 14.2. The summed E-state index contributed by atoms with van der Waals surface area (Å²) in [4.78, 5) is 0. The van der Waals surface area contributed by atoms with E-state index in [1.165, 1.54) is 56.9 Å². The summed E-state index contributed by atoms with van der Waals surface area (Å²) in [7, 11) is 0. The van der Waals surface area contributed by atoms with Crippen LogP contribution in [0.4, 0.5) is 0 Å². The first-order valence-electron chi connectivity index (χ1n) is 12.4. The Bertz CT molecular complexity index is 630. The fourth-order valence-electron chi connectivity index (χ4n) is 4.26. The Morgan fingerprint density at radius 3 is 1.93 bits per heavy atom. The van der Waals surface area contributed by atoms with Crippen LogP contribution in [0.15, 0.2) is 23.8 Å². The molecular formula is C28H48O2. The maximum atomic E-state index is 10.3. The molecule has 0 amide bonds. The molecule has 1 aromatic carbocycles. The Kier molecular flexibility index (Phi) is 12.9. The molecule has 0 spiro atoms. The third kappa shape index (κ3) is 11.1. The Balaban J connectivity index is 2.26. The van der Waals surface area contributed by atoms with Gasteiger partial charge in [-0.2, -0.15) is 0 Å². The lowest BCUT2D eigenvalue weighted by atomic mass is 9.91. The van der Waals surface area contributed by atoms with E-state index in [1.807, 2.05) is 6.92 Å². The molecule has 1 rings (SSSR count). The summed E-state index contributed by atoms with van der Waals surface area (Å²) in [6.45, 7) is 13.6. The molecule has 172 valence electrons. The fourth-order valence-corrected chi connectivity index (χ4v) is 4.26. The summed E-state index contributed by atoms with van der Waals surface area (Å²) < 4.78 is 0. The van der Waals surface area contributed by atoms with Crippen molar-refractivity contribution in [1.29, 1.82) is 0 Å². The van der Waals surface area contributed by atoms with E-state index in [9.17, 15) is 10.2 Å². The third-order valence-electron chi connectivity index (χ3n) is 6.44. The van der Waals surface area contributed by atoms with Crippen LogP contribution in [0.3, 0.4) is 0 Å². The molecule has 0 aromatic heterocycles. The van der Waals surface area contributed by atoms with Gasteiger partial charge in [0.2, 0.25) is 0 Å². The van der Waals surface area contributed by atoms with Gasteiger partial charge in [-0.05, 0) is 68.1 Å². The van der Waals surface area contributed by atoms with Crippen molar-refractivity contribution < 1.29 is 10.2 Å². The largest absolute Gasteiger partial charge is 0.508 e. The van der Waals surface area contributed by atoms with Crippen molar-refractivity contribution in [2.45, 2.75) is 112 Å². The van der Waals surface area contributed by atoms with E-state index in [2.05, 4.69) is 40.7 Å². The Labute approximate surface area is 186 Å². The van der Waals surface area contributed by atoms with Crippen LogP contribution < -0.4 is 0 Å². The molecule has 2 nitrogen and oxygen atoms in total. The van der Waals surface area contributed by atoms with Gasteiger partial charge in [0.05, 0.1) is 0 Å². The zero-order valence-electron chi connectivity index (χ0n) is 20.6. The van der Waals surface area contributed by atoms with Crippen molar-refractivity contribution in [3.05, 3.63) is 34.9 Å². The number of hydrogen-bond donors (Lipinski definition) is 2. The zero-order chi connectivity index (χ0) is 22.5. The van der Waals surface area contributed by atoms with Crippen molar-refractivity contribution in [2.24, 2.45) is 17.8 Å². The van der Waals surface area contributed by atoms with Crippen LogP contribution in [-0.4, -0.2) is 10.2 Å². The Morgan fingerprint density at radius 1 is 0.833 bits per heavy atom. The minimum atomic E-state index is 0.244. The highest BCUT2D eigenvalue weighted by Gasteiger charge is 2.09. The van der Waals surface area contributed by atoms with Crippen molar-refractivity contribution in [1.82, 2.24) is 0 Å². The van der Waals surface area contributed by atoms with Crippen LogP contribution in [0.25, 0.3) is 0 Å². The van der Waals surface area contributed by atoms with Gasteiger partial charge in [-0.25, -0.2) is 0 Å². The lowest BCUT2D eigenvalue weighted by Gasteiger charge is -2.15. The van der Waals surface area contributed by atoms with Gasteiger partial charge in [0.1, 0.15) is 11.5 Å². The topological polar surface area (TPSA) is 40.5 Å². The van der Waals surface area contributed by atoms with Crippen LogP contribution in [0.2, 0.25) is 0 Å². The molecule has 0 saturated heterocycles. The van der Waals surface area contributed by atoms with E-state index in [-0.39, 0.29) is 5.75 Å². The zero-order valence-corrected chi connectivity index (χ0v) is 20.6. The molecule has 0 bridgehead atoms. The molecule has 30 heavy (non-hydrogen) atoms. The van der Waals surface area contributed by atoms with Crippen LogP contribution in [0.1, 0.15) is 110 Å². The monoisotopic (exact) mass is 416 g/mol. The molecule has 2 N–H and O–H groups in total. The van der Waals surface area contributed by atoms with E-state index >= 15 is 0 Å². The van der Waals surface area contributed by atoms with E-state index in [1.54, 1.807) is 12.1 Å². The second-order valence-corrected chi connectivity index (χ2v) is 10.1. The summed E-state index contributed by atoms with van der Waals surface area (Å²) in [6.07, 6.45) is 15.5. The standard InChI is InChI=1S/C28H48O2/c1-7-25-19-27(29)20-26(28(25)30)18-17-24(6)16-10-15-23(5)14-9-13-22(4)12-8-11-21(2)3/h17,19-23,29-30H,7-16,18H2,1-6H3/b24-17+. The minimum Gasteiger partial charge on any atom is -0.508 e. The minimum absolute atomic E-state index is 0.244. The van der Waals surface area contributed by atoms with Gasteiger partial charge in [0.25, 0.3) is 0 Å². The van der Waals surface area contributed by atoms with Gasteiger partial charge in [0.15, 0.2) is 0 Å². The SMILES string of the molecule is CCc1cc(O)cc(C/C=C(\C)CCCC(C)CCCC(C)CCCC(C)C)c1O. The molecule has 2 atom stereocenters. The molecule has 2 heteroatoms. The highest BCUT2D eigenvalue weighted by molar-refractivity contribution is 5.46. The van der Waals surface area contributed by atoms with Gasteiger partial charge in [0, 0.05) is 5.56 Å². The molecule has 0 aliphatic carbocycles. The number of aryl methyl sites for hydroxylation is 1. The van der Waals surface area contributed by atoms with E-state index in [0.717, 1.165) is 41.7 Å². The Morgan fingerprint density at radius 2 is 1.37 bits per heavy atom. The highest BCUT2D eigenvalue weighted by atomic mass is 16.3. The molecule has 0 saturated carbocycles. The quantitative estimate of drug-likeness (QED) is 0.222. The van der Waals surface area contributed by atoms with E-state index in [4.69, 9.17) is 0 Å². The smallest absolute Gasteiger partial charge is 0.122 e. The van der Waals surface area contributed by atoms with Crippen LogP contribution in [0, 0.1) is 17.8 Å². The van der Waals surface area contributed by atoms with Crippen molar-refractivity contribution in [3.8, 4) is 11.5 Å². The molecule has 0 aliphatic heterocycles. The molecule has 0 fully saturated rings. The predicted octanol–water partition coefficient (Wildman–Crippen LogP) is 8.59. The number of aromatic hydroxyl groups is 2. The number of phenolic OH excluding ortho intramolecular Hbond substituents is 2. The van der Waals surface area contributed by atoms with Gasteiger partial charge in [-0.3, -0.25) is 0 Å². The molecular weight excluding hydrogens is 368 g/mol. The number of allylic oxidation sites excluding steroid dienone is 2. The normalized spacial score (nSPS) is 14.3. The maximum absolute atomic E-state index is 10.3. The van der Waals surface area contributed by atoms with Crippen LogP contribution in [-0.2, 0) is 12.8 Å². The van der Waals surface area contributed by atoms with Crippen molar-refractivity contribution >= 4 is 0 Å². The average molecular weight is 417 g/mol. The van der Waals surface area contributed by atoms with Crippen molar-refractivity contribution in [3.63, 3.8) is 0 Å². The van der Waals surface area contributed by atoms with E-state index < -0.39 is 0 Å². The Hall–Kier alpha value is -1.44. The lowest BCUT2D eigenvalue weighted by Crippen LogP contribution is -2.00. The number of rotatable bonds is 15. The second kappa shape index (κ2) is 14.5. The molecule has 0 radical (unpaired) electrons. The summed E-state index contributed by atoms with van der Waals surface area (Å²) >= 11 is 0. The fraction of sp³-hybridized carbons (Fsp3) is 0.714. The van der Waals surface area contributed by atoms with Crippen LogP contribution in [0.5, 0.6) is 11.5 Å². The van der Waals surface area contributed by atoms with E-state index in [0.29, 0.717) is 12.2 Å². The predicted molar refractivity (Wildman–Crippen MR) is 131 cm³/mol. The summed E-state index contributed by atoms with van der Waals surface area (Å²) in [5.41, 5.74) is 3.02. The molecule has 1 aromatic rings. The summed E-state index contributed by atoms with van der Waals surface area (Å²) in [5, 5.41) is 20.2. The average Bonchev–Trinajstić information content (AvgIpc) is 2.68. The first kappa shape index (κ1) is 26.6. The van der Waals surface area contributed by atoms with Gasteiger partial charge >= 0.3 is 0 Å². The second-order valence-electron chi connectivity index (χ2n) is 10.1. The number of phenols is 2. The third-order valence-corrected chi connectivity index (χ3v) is 6.44. The van der Waals surface area contributed by atoms with Gasteiger partial charge < -0.3 is 10.2 Å². The van der Waals surface area contributed by atoms with Crippen molar-refractivity contribution in [2.75, 3.05) is 0 Å². The maximum Gasteiger partial charge on any atom is 0.122 e. The summed E-state index contributed by atoms with van der Waals surface area (Å²) in [6, 6.07) is 3.34.